The Morgan fingerprint density at radius 1 is 1.24 bits per heavy atom. The van der Waals surface area contributed by atoms with Gasteiger partial charge in [-0.15, -0.1) is 35.3 Å². The molecule has 0 amide bonds. The summed E-state index contributed by atoms with van der Waals surface area (Å²) in [5.41, 5.74) is 1.33. The first-order chi connectivity index (χ1) is 11.8. The van der Waals surface area contributed by atoms with E-state index in [2.05, 4.69) is 51.5 Å². The first kappa shape index (κ1) is 20.0. The minimum Gasteiger partial charge on any atom is -0.357 e. The lowest BCUT2D eigenvalue weighted by atomic mass is 10.3. The van der Waals surface area contributed by atoms with Crippen LogP contribution in [0.4, 0.5) is 5.82 Å². The maximum atomic E-state index is 4.85. The first-order valence-corrected chi connectivity index (χ1v) is 9.38. The van der Waals surface area contributed by atoms with Gasteiger partial charge in [-0.25, -0.2) is 9.98 Å². The molecule has 25 heavy (non-hydrogen) atoms. The molecule has 1 saturated heterocycles. The van der Waals surface area contributed by atoms with E-state index in [4.69, 9.17) is 4.99 Å². The molecule has 2 aromatic heterocycles. The zero-order valence-corrected chi connectivity index (χ0v) is 18.0. The van der Waals surface area contributed by atoms with Gasteiger partial charge in [0.2, 0.25) is 0 Å². The maximum absolute atomic E-state index is 4.85. The van der Waals surface area contributed by atoms with Crippen LogP contribution in [0.1, 0.15) is 17.4 Å². The molecule has 0 radical (unpaired) electrons. The topological polar surface area (TPSA) is 43.8 Å². The summed E-state index contributed by atoms with van der Waals surface area (Å²) in [5, 5.41) is 5.57. The molecule has 0 unspecified atom stereocenters. The summed E-state index contributed by atoms with van der Waals surface area (Å²) >= 11 is 1.78. The third kappa shape index (κ3) is 5.31. The molecule has 0 aliphatic carbocycles. The zero-order valence-electron chi connectivity index (χ0n) is 14.8. The Balaban J connectivity index is 0.00000225. The van der Waals surface area contributed by atoms with Gasteiger partial charge in [0.05, 0.1) is 6.54 Å². The summed E-state index contributed by atoms with van der Waals surface area (Å²) in [6, 6.07) is 8.24. The van der Waals surface area contributed by atoms with Gasteiger partial charge in [0, 0.05) is 43.8 Å². The number of aromatic nitrogens is 1. The number of pyridine rings is 1. The summed E-state index contributed by atoms with van der Waals surface area (Å²) in [7, 11) is 0. The molecule has 0 saturated carbocycles. The highest BCUT2D eigenvalue weighted by molar-refractivity contribution is 14.0. The molecule has 2 aromatic rings. The number of hydrogen-bond acceptors (Lipinski definition) is 4. The van der Waals surface area contributed by atoms with Gasteiger partial charge in [-0.2, -0.15) is 0 Å². The number of rotatable bonds is 4. The smallest absolute Gasteiger partial charge is 0.194 e. The van der Waals surface area contributed by atoms with E-state index in [9.17, 15) is 0 Å². The van der Waals surface area contributed by atoms with E-state index in [-0.39, 0.29) is 24.0 Å². The quantitative estimate of drug-likeness (QED) is 0.422. The number of piperazine rings is 1. The van der Waals surface area contributed by atoms with Crippen LogP contribution in [0.15, 0.2) is 40.8 Å². The highest BCUT2D eigenvalue weighted by Crippen LogP contribution is 2.17. The second-order valence-electron chi connectivity index (χ2n) is 5.86. The van der Waals surface area contributed by atoms with Crippen LogP contribution in [0, 0.1) is 6.92 Å². The molecule has 1 fully saturated rings. The fourth-order valence-electron chi connectivity index (χ4n) is 2.83. The molecule has 1 aliphatic rings. The number of thiophene rings is 1. The molecule has 0 bridgehead atoms. The van der Waals surface area contributed by atoms with E-state index in [1.807, 2.05) is 18.3 Å². The number of halogens is 1. The predicted octanol–water partition coefficient (Wildman–Crippen LogP) is 3.36. The van der Waals surface area contributed by atoms with Gasteiger partial charge in [0.15, 0.2) is 5.96 Å². The molecule has 3 heterocycles. The molecule has 7 heteroatoms. The van der Waals surface area contributed by atoms with Crippen molar-refractivity contribution in [2.75, 3.05) is 37.6 Å². The minimum absolute atomic E-state index is 0. The van der Waals surface area contributed by atoms with Crippen LogP contribution in [-0.4, -0.2) is 48.6 Å². The van der Waals surface area contributed by atoms with Crippen LogP contribution < -0.4 is 10.2 Å². The largest absolute Gasteiger partial charge is 0.357 e. The summed E-state index contributed by atoms with van der Waals surface area (Å²) in [6.45, 7) is 9.79. The Morgan fingerprint density at radius 2 is 2.04 bits per heavy atom. The molecular formula is C18H26IN5S. The number of nitrogens with zero attached hydrogens (tertiary/aromatic N) is 4. The van der Waals surface area contributed by atoms with Crippen LogP contribution in [0.3, 0.4) is 0 Å². The van der Waals surface area contributed by atoms with Crippen molar-refractivity contribution in [3.8, 4) is 0 Å². The Kier molecular flexibility index (Phi) is 7.95. The highest BCUT2D eigenvalue weighted by atomic mass is 127. The van der Waals surface area contributed by atoms with E-state index in [1.54, 1.807) is 11.3 Å². The third-order valence-corrected chi connectivity index (χ3v) is 5.24. The van der Waals surface area contributed by atoms with E-state index in [1.165, 1.54) is 10.4 Å². The average molecular weight is 471 g/mol. The lowest BCUT2D eigenvalue weighted by molar-refractivity contribution is 0.371. The number of guanidine groups is 1. The highest BCUT2D eigenvalue weighted by Gasteiger charge is 2.20. The standard InChI is InChI=1S/C18H25N5S.HI/c1-3-19-18(21-14-16-15(2)7-13-24-16)23-11-9-22(10-12-23)17-6-4-5-8-20-17;/h4-8,13H,3,9-12,14H2,1-2H3,(H,19,21);1H. The van der Waals surface area contributed by atoms with E-state index in [0.717, 1.165) is 51.0 Å². The Labute approximate surface area is 171 Å². The summed E-state index contributed by atoms with van der Waals surface area (Å²) in [5.74, 6) is 2.08. The van der Waals surface area contributed by atoms with Crippen LogP contribution in [-0.2, 0) is 6.54 Å². The van der Waals surface area contributed by atoms with E-state index >= 15 is 0 Å². The SMILES string of the molecule is CCNC(=NCc1sccc1C)N1CCN(c2ccccn2)CC1.I. The van der Waals surface area contributed by atoms with E-state index in [0.29, 0.717) is 0 Å². The van der Waals surface area contributed by atoms with Gasteiger partial charge < -0.3 is 15.1 Å². The first-order valence-electron chi connectivity index (χ1n) is 8.50. The number of aryl methyl sites for hydroxylation is 1. The fourth-order valence-corrected chi connectivity index (χ4v) is 3.66. The normalized spacial score (nSPS) is 15.0. The molecule has 0 spiro atoms. The van der Waals surface area contributed by atoms with Gasteiger partial charge in [-0.1, -0.05) is 6.07 Å². The Bertz CT molecular complexity index is 665. The van der Waals surface area contributed by atoms with Crippen molar-refractivity contribution in [1.29, 1.82) is 0 Å². The van der Waals surface area contributed by atoms with Crippen molar-refractivity contribution in [2.24, 2.45) is 4.99 Å². The lowest BCUT2D eigenvalue weighted by Crippen LogP contribution is -2.52. The molecule has 5 nitrogen and oxygen atoms in total. The van der Waals surface area contributed by atoms with E-state index < -0.39 is 0 Å². The molecule has 1 aliphatic heterocycles. The van der Waals surface area contributed by atoms with Gasteiger partial charge in [0.1, 0.15) is 5.82 Å². The van der Waals surface area contributed by atoms with Crippen molar-refractivity contribution in [3.63, 3.8) is 0 Å². The molecule has 0 atom stereocenters. The number of hydrogen-bond donors (Lipinski definition) is 1. The van der Waals surface area contributed by atoms with Crippen molar-refractivity contribution in [1.82, 2.24) is 15.2 Å². The monoisotopic (exact) mass is 471 g/mol. The van der Waals surface area contributed by atoms with Gasteiger partial charge in [-0.05, 0) is 43.0 Å². The van der Waals surface area contributed by atoms with Gasteiger partial charge in [-0.3, -0.25) is 0 Å². The summed E-state index contributed by atoms with van der Waals surface area (Å²) in [6.07, 6.45) is 1.86. The zero-order chi connectivity index (χ0) is 16.8. The molecule has 1 N–H and O–H groups in total. The van der Waals surface area contributed by atoms with Crippen LogP contribution in [0.25, 0.3) is 0 Å². The molecule has 3 rings (SSSR count). The second kappa shape index (κ2) is 9.96. The fraction of sp³-hybridized carbons (Fsp3) is 0.444. The lowest BCUT2D eigenvalue weighted by Gasteiger charge is -2.37. The van der Waals surface area contributed by atoms with Gasteiger partial charge >= 0.3 is 0 Å². The third-order valence-electron chi connectivity index (χ3n) is 4.23. The van der Waals surface area contributed by atoms with Crippen molar-refractivity contribution >= 4 is 47.1 Å². The van der Waals surface area contributed by atoms with Crippen molar-refractivity contribution in [2.45, 2.75) is 20.4 Å². The maximum Gasteiger partial charge on any atom is 0.194 e. The second-order valence-corrected chi connectivity index (χ2v) is 6.86. The summed E-state index contributed by atoms with van der Waals surface area (Å²) in [4.78, 5) is 15.3. The van der Waals surface area contributed by atoms with Crippen LogP contribution in [0.5, 0.6) is 0 Å². The molecule has 0 aromatic carbocycles. The minimum atomic E-state index is 0. The summed E-state index contributed by atoms with van der Waals surface area (Å²) < 4.78 is 0. The number of nitrogens with one attached hydrogen (secondary N) is 1. The van der Waals surface area contributed by atoms with Crippen LogP contribution in [0.2, 0.25) is 0 Å². The predicted molar refractivity (Wildman–Crippen MR) is 117 cm³/mol. The van der Waals surface area contributed by atoms with Crippen molar-refractivity contribution in [3.05, 3.63) is 46.3 Å². The Hall–Kier alpha value is -1.35. The molecule has 136 valence electrons. The van der Waals surface area contributed by atoms with Gasteiger partial charge in [0.25, 0.3) is 0 Å². The van der Waals surface area contributed by atoms with Crippen molar-refractivity contribution < 1.29 is 0 Å². The number of anilines is 1. The molecular weight excluding hydrogens is 445 g/mol. The Morgan fingerprint density at radius 3 is 2.64 bits per heavy atom. The average Bonchev–Trinajstić information content (AvgIpc) is 3.04. The number of aliphatic imine (C=N–C) groups is 1. The van der Waals surface area contributed by atoms with Crippen LogP contribution >= 0.6 is 35.3 Å².